The second-order valence-electron chi connectivity index (χ2n) is 2.99. The third-order valence-corrected chi connectivity index (χ3v) is 1.70. The summed E-state index contributed by atoms with van der Waals surface area (Å²) >= 11 is 0. The second-order valence-corrected chi connectivity index (χ2v) is 2.99. The summed E-state index contributed by atoms with van der Waals surface area (Å²) in [6.45, 7) is 4.44. The Kier molecular flexibility index (Phi) is 2.60. The van der Waals surface area contributed by atoms with Gasteiger partial charge in [0.05, 0.1) is 6.54 Å². The normalized spacial score (nSPS) is 10.7. The van der Waals surface area contributed by atoms with Crippen LogP contribution < -0.4 is 11.5 Å². The van der Waals surface area contributed by atoms with Crippen molar-refractivity contribution in [3.63, 3.8) is 0 Å². The molecule has 0 amide bonds. The Hall–Kier alpha value is -1.16. The van der Waals surface area contributed by atoms with E-state index in [0.29, 0.717) is 24.1 Å². The standard InChI is InChI=1S/C8H14N4/c1-5(2)6-4-11-7(3-9)12-8(6)10/h4-5H,3,9H2,1-2H3,(H2,10,11,12). The highest BCUT2D eigenvalue weighted by molar-refractivity contribution is 5.39. The highest BCUT2D eigenvalue weighted by atomic mass is 15.0. The Morgan fingerprint density at radius 3 is 2.58 bits per heavy atom. The molecule has 0 aromatic carbocycles. The van der Waals surface area contributed by atoms with Crippen molar-refractivity contribution < 1.29 is 0 Å². The van der Waals surface area contributed by atoms with E-state index in [1.807, 2.05) is 0 Å². The predicted octanol–water partition coefficient (Wildman–Crippen LogP) is 0.641. The second kappa shape index (κ2) is 3.49. The largest absolute Gasteiger partial charge is 0.383 e. The van der Waals surface area contributed by atoms with E-state index in [-0.39, 0.29) is 0 Å². The molecule has 0 aliphatic heterocycles. The van der Waals surface area contributed by atoms with Gasteiger partial charge in [0.25, 0.3) is 0 Å². The molecule has 4 nitrogen and oxygen atoms in total. The van der Waals surface area contributed by atoms with Crippen LogP contribution in [0.1, 0.15) is 31.2 Å². The van der Waals surface area contributed by atoms with Gasteiger partial charge in [-0.3, -0.25) is 0 Å². The molecule has 0 fully saturated rings. The van der Waals surface area contributed by atoms with Crippen LogP contribution in [0.3, 0.4) is 0 Å². The minimum absolute atomic E-state index is 0.336. The number of hydrogen-bond donors (Lipinski definition) is 2. The van der Waals surface area contributed by atoms with Gasteiger partial charge >= 0.3 is 0 Å². The van der Waals surface area contributed by atoms with Crippen molar-refractivity contribution in [1.82, 2.24) is 9.97 Å². The van der Waals surface area contributed by atoms with E-state index in [4.69, 9.17) is 11.5 Å². The Balaban J connectivity index is 3.03. The fourth-order valence-electron chi connectivity index (χ4n) is 0.986. The lowest BCUT2D eigenvalue weighted by molar-refractivity contribution is 0.826. The lowest BCUT2D eigenvalue weighted by atomic mass is 10.1. The van der Waals surface area contributed by atoms with E-state index in [1.54, 1.807) is 6.20 Å². The van der Waals surface area contributed by atoms with Gasteiger partial charge in [0.2, 0.25) is 0 Å². The summed E-state index contributed by atoms with van der Waals surface area (Å²) in [6.07, 6.45) is 1.75. The summed E-state index contributed by atoms with van der Waals surface area (Å²) in [6, 6.07) is 0. The van der Waals surface area contributed by atoms with E-state index >= 15 is 0 Å². The fourth-order valence-corrected chi connectivity index (χ4v) is 0.986. The lowest BCUT2D eigenvalue weighted by Gasteiger charge is -2.07. The molecule has 4 heteroatoms. The molecule has 0 aliphatic rings. The van der Waals surface area contributed by atoms with Gasteiger partial charge in [-0.1, -0.05) is 13.8 Å². The Morgan fingerprint density at radius 1 is 1.50 bits per heavy atom. The van der Waals surface area contributed by atoms with Gasteiger partial charge < -0.3 is 11.5 Å². The van der Waals surface area contributed by atoms with Crippen LogP contribution >= 0.6 is 0 Å². The molecule has 0 saturated carbocycles. The number of rotatable bonds is 2. The van der Waals surface area contributed by atoms with Crippen LogP contribution in [0, 0.1) is 0 Å². The van der Waals surface area contributed by atoms with Crippen molar-refractivity contribution in [2.75, 3.05) is 5.73 Å². The van der Waals surface area contributed by atoms with Crippen LogP contribution in [0.25, 0.3) is 0 Å². The zero-order chi connectivity index (χ0) is 9.14. The quantitative estimate of drug-likeness (QED) is 0.675. The molecule has 0 spiro atoms. The minimum Gasteiger partial charge on any atom is -0.383 e. The van der Waals surface area contributed by atoms with Crippen LogP contribution in [0.5, 0.6) is 0 Å². The molecule has 0 aliphatic carbocycles. The maximum absolute atomic E-state index is 5.69. The van der Waals surface area contributed by atoms with E-state index in [1.165, 1.54) is 0 Å². The number of nitrogens with two attached hydrogens (primary N) is 2. The summed E-state index contributed by atoms with van der Waals surface area (Å²) in [4.78, 5) is 8.12. The SMILES string of the molecule is CC(C)c1cnc(CN)nc1N. The first-order valence-corrected chi connectivity index (χ1v) is 3.96. The molecule has 12 heavy (non-hydrogen) atoms. The van der Waals surface area contributed by atoms with E-state index in [9.17, 15) is 0 Å². The molecule has 1 heterocycles. The fraction of sp³-hybridized carbons (Fsp3) is 0.500. The molecule has 0 bridgehead atoms. The molecular formula is C8H14N4. The monoisotopic (exact) mass is 166 g/mol. The Morgan fingerprint density at radius 2 is 2.17 bits per heavy atom. The molecule has 0 saturated heterocycles. The lowest BCUT2D eigenvalue weighted by Crippen LogP contribution is -2.08. The first-order chi connectivity index (χ1) is 5.65. The van der Waals surface area contributed by atoms with Gasteiger partial charge in [-0.2, -0.15) is 0 Å². The van der Waals surface area contributed by atoms with Gasteiger partial charge in [0.15, 0.2) is 0 Å². The van der Waals surface area contributed by atoms with Crippen molar-refractivity contribution in [2.24, 2.45) is 5.73 Å². The zero-order valence-electron chi connectivity index (χ0n) is 7.41. The van der Waals surface area contributed by atoms with Crippen molar-refractivity contribution in [2.45, 2.75) is 26.3 Å². The van der Waals surface area contributed by atoms with Crippen molar-refractivity contribution in [3.8, 4) is 0 Å². The summed E-state index contributed by atoms with van der Waals surface area (Å²) in [5.74, 6) is 1.49. The highest BCUT2D eigenvalue weighted by Gasteiger charge is 2.06. The minimum atomic E-state index is 0.336. The third-order valence-electron chi connectivity index (χ3n) is 1.70. The van der Waals surface area contributed by atoms with E-state index in [0.717, 1.165) is 5.56 Å². The van der Waals surface area contributed by atoms with E-state index < -0.39 is 0 Å². The molecule has 66 valence electrons. The molecule has 0 unspecified atom stereocenters. The van der Waals surface area contributed by atoms with Crippen LogP contribution in [0.15, 0.2) is 6.20 Å². The van der Waals surface area contributed by atoms with Crippen LogP contribution in [-0.2, 0) is 6.54 Å². The first-order valence-electron chi connectivity index (χ1n) is 3.96. The smallest absolute Gasteiger partial charge is 0.144 e. The Bertz CT molecular complexity index is 270. The average molecular weight is 166 g/mol. The summed E-state index contributed by atoms with van der Waals surface area (Å²) in [5.41, 5.74) is 12.0. The first kappa shape index (κ1) is 8.93. The van der Waals surface area contributed by atoms with Crippen LogP contribution in [0.2, 0.25) is 0 Å². The average Bonchev–Trinajstić information content (AvgIpc) is 2.03. The predicted molar refractivity (Wildman–Crippen MR) is 48.4 cm³/mol. The van der Waals surface area contributed by atoms with Gasteiger partial charge in [0.1, 0.15) is 11.6 Å². The molecule has 0 radical (unpaired) electrons. The topological polar surface area (TPSA) is 77.8 Å². The van der Waals surface area contributed by atoms with Crippen molar-refractivity contribution >= 4 is 5.82 Å². The number of hydrogen-bond acceptors (Lipinski definition) is 4. The molecule has 1 rings (SSSR count). The summed E-state index contributed by atoms with van der Waals surface area (Å²) < 4.78 is 0. The highest BCUT2D eigenvalue weighted by Crippen LogP contribution is 2.17. The zero-order valence-corrected chi connectivity index (χ0v) is 7.41. The number of nitrogen functional groups attached to an aromatic ring is 1. The Labute approximate surface area is 72.0 Å². The maximum atomic E-state index is 5.69. The molecule has 1 aromatic heterocycles. The van der Waals surface area contributed by atoms with Crippen molar-refractivity contribution in [3.05, 3.63) is 17.6 Å². The summed E-state index contributed by atoms with van der Waals surface area (Å²) in [7, 11) is 0. The van der Waals surface area contributed by atoms with Gasteiger partial charge in [0, 0.05) is 11.8 Å². The van der Waals surface area contributed by atoms with Crippen LogP contribution in [0.4, 0.5) is 5.82 Å². The number of nitrogens with zero attached hydrogens (tertiary/aromatic N) is 2. The maximum Gasteiger partial charge on any atom is 0.144 e. The summed E-state index contributed by atoms with van der Waals surface area (Å²) in [5, 5.41) is 0. The van der Waals surface area contributed by atoms with Crippen molar-refractivity contribution in [1.29, 1.82) is 0 Å². The molecule has 0 atom stereocenters. The van der Waals surface area contributed by atoms with Gasteiger partial charge in [-0.05, 0) is 5.92 Å². The number of anilines is 1. The third kappa shape index (κ3) is 1.71. The van der Waals surface area contributed by atoms with Gasteiger partial charge in [-0.15, -0.1) is 0 Å². The number of aromatic nitrogens is 2. The van der Waals surface area contributed by atoms with E-state index in [2.05, 4.69) is 23.8 Å². The molecular weight excluding hydrogens is 152 g/mol. The molecule has 1 aromatic rings. The van der Waals surface area contributed by atoms with Crippen LogP contribution in [-0.4, -0.2) is 9.97 Å². The molecule has 4 N–H and O–H groups in total. The van der Waals surface area contributed by atoms with Gasteiger partial charge in [-0.25, -0.2) is 9.97 Å².